The summed E-state index contributed by atoms with van der Waals surface area (Å²) in [5.74, 6) is -0.519. The van der Waals surface area contributed by atoms with E-state index >= 15 is 0 Å². The van der Waals surface area contributed by atoms with E-state index in [1.807, 2.05) is 13.8 Å². The van der Waals surface area contributed by atoms with Crippen molar-refractivity contribution in [2.75, 3.05) is 6.54 Å². The molecule has 1 atom stereocenters. The minimum Gasteiger partial charge on any atom is -0.507 e. The van der Waals surface area contributed by atoms with Crippen molar-refractivity contribution >= 4 is 27.7 Å². The molecule has 1 aromatic rings. The third kappa shape index (κ3) is 4.85. The van der Waals surface area contributed by atoms with Crippen LogP contribution in [0.4, 0.5) is 0 Å². The molecule has 0 saturated carbocycles. The summed E-state index contributed by atoms with van der Waals surface area (Å²) in [6.07, 6.45) is 0. The second kappa shape index (κ2) is 7.28. The van der Waals surface area contributed by atoms with Gasteiger partial charge in [-0.3, -0.25) is 9.59 Å². The standard InChI is InChI=1S/C14H19BrN2O3/c1-8(2)7-16-13(19)9(3)17-14(20)11-5-4-10(15)6-12(11)18/h4-6,8-9,18H,7H2,1-3H3,(H,16,19)(H,17,20). The maximum Gasteiger partial charge on any atom is 0.255 e. The number of nitrogens with one attached hydrogen (secondary N) is 2. The van der Waals surface area contributed by atoms with Gasteiger partial charge in [-0.15, -0.1) is 0 Å². The Hall–Kier alpha value is -1.56. The molecule has 0 aromatic heterocycles. The SMILES string of the molecule is CC(C)CNC(=O)C(C)NC(=O)c1ccc(Br)cc1O. The molecule has 0 radical (unpaired) electrons. The zero-order chi connectivity index (χ0) is 15.3. The van der Waals surface area contributed by atoms with Crippen LogP contribution in [0.15, 0.2) is 22.7 Å². The highest BCUT2D eigenvalue weighted by atomic mass is 79.9. The van der Waals surface area contributed by atoms with Crippen LogP contribution in [0.3, 0.4) is 0 Å². The molecular formula is C14H19BrN2O3. The Morgan fingerprint density at radius 3 is 2.50 bits per heavy atom. The van der Waals surface area contributed by atoms with Gasteiger partial charge in [0.15, 0.2) is 0 Å². The van der Waals surface area contributed by atoms with E-state index in [0.29, 0.717) is 16.9 Å². The summed E-state index contributed by atoms with van der Waals surface area (Å²) in [6, 6.07) is 3.91. The number of phenols is 1. The van der Waals surface area contributed by atoms with Crippen molar-refractivity contribution in [2.45, 2.75) is 26.8 Å². The molecule has 0 heterocycles. The second-order valence-electron chi connectivity index (χ2n) is 5.00. The highest BCUT2D eigenvalue weighted by Gasteiger charge is 2.18. The topological polar surface area (TPSA) is 78.4 Å². The first-order valence-electron chi connectivity index (χ1n) is 6.38. The number of halogens is 1. The van der Waals surface area contributed by atoms with Crippen LogP contribution in [0, 0.1) is 5.92 Å². The maximum absolute atomic E-state index is 12.0. The van der Waals surface area contributed by atoms with Gasteiger partial charge < -0.3 is 15.7 Å². The maximum atomic E-state index is 12.0. The molecule has 5 nitrogen and oxygen atoms in total. The Kier molecular flexibility index (Phi) is 6.01. The molecule has 2 amide bonds. The third-order valence-electron chi connectivity index (χ3n) is 2.63. The van der Waals surface area contributed by atoms with Crippen molar-refractivity contribution in [1.82, 2.24) is 10.6 Å². The predicted molar refractivity (Wildman–Crippen MR) is 80.6 cm³/mol. The van der Waals surface area contributed by atoms with Gasteiger partial charge in [-0.05, 0) is 31.0 Å². The normalized spacial score (nSPS) is 12.1. The Balaban J connectivity index is 2.63. The minimum absolute atomic E-state index is 0.133. The summed E-state index contributed by atoms with van der Waals surface area (Å²) < 4.78 is 0.675. The lowest BCUT2D eigenvalue weighted by Crippen LogP contribution is -2.45. The Morgan fingerprint density at radius 1 is 1.30 bits per heavy atom. The van der Waals surface area contributed by atoms with Gasteiger partial charge in [-0.25, -0.2) is 0 Å². The monoisotopic (exact) mass is 342 g/mol. The Morgan fingerprint density at radius 2 is 1.95 bits per heavy atom. The molecule has 0 saturated heterocycles. The van der Waals surface area contributed by atoms with E-state index in [1.165, 1.54) is 12.1 Å². The molecule has 110 valence electrons. The number of rotatable bonds is 5. The van der Waals surface area contributed by atoms with Crippen molar-refractivity contribution in [3.05, 3.63) is 28.2 Å². The largest absolute Gasteiger partial charge is 0.507 e. The molecule has 0 aliphatic heterocycles. The van der Waals surface area contributed by atoms with E-state index in [-0.39, 0.29) is 17.2 Å². The summed E-state index contributed by atoms with van der Waals surface area (Å²) >= 11 is 3.20. The second-order valence-corrected chi connectivity index (χ2v) is 5.91. The quantitative estimate of drug-likeness (QED) is 0.766. The van der Waals surface area contributed by atoms with Crippen LogP contribution in [-0.2, 0) is 4.79 Å². The summed E-state index contributed by atoms with van der Waals surface area (Å²) in [5, 5.41) is 15.0. The van der Waals surface area contributed by atoms with Crippen LogP contribution in [0.5, 0.6) is 5.75 Å². The first kappa shape index (κ1) is 16.5. The molecular weight excluding hydrogens is 324 g/mol. The summed E-state index contributed by atoms with van der Waals surface area (Å²) in [6.45, 7) is 6.14. The lowest BCUT2D eigenvalue weighted by molar-refractivity contribution is -0.122. The molecule has 3 N–H and O–H groups in total. The Bertz CT molecular complexity index is 503. The molecule has 0 aliphatic rings. The number of phenolic OH excluding ortho intramolecular Hbond substituents is 1. The summed E-state index contributed by atoms with van der Waals surface area (Å²) in [7, 11) is 0. The van der Waals surface area contributed by atoms with E-state index in [0.717, 1.165) is 0 Å². The van der Waals surface area contributed by atoms with Gasteiger partial charge in [0, 0.05) is 11.0 Å². The first-order valence-corrected chi connectivity index (χ1v) is 7.17. The van der Waals surface area contributed by atoms with E-state index in [4.69, 9.17) is 0 Å². The highest BCUT2D eigenvalue weighted by molar-refractivity contribution is 9.10. The fourth-order valence-corrected chi connectivity index (χ4v) is 1.84. The van der Waals surface area contributed by atoms with Crippen LogP contribution >= 0.6 is 15.9 Å². The molecule has 0 fully saturated rings. The van der Waals surface area contributed by atoms with Crippen LogP contribution < -0.4 is 10.6 Å². The summed E-state index contributed by atoms with van der Waals surface area (Å²) in [4.78, 5) is 23.7. The van der Waals surface area contributed by atoms with Crippen molar-refractivity contribution in [3.8, 4) is 5.75 Å². The number of hydrogen-bond acceptors (Lipinski definition) is 3. The molecule has 1 aromatic carbocycles. The van der Waals surface area contributed by atoms with Crippen molar-refractivity contribution in [1.29, 1.82) is 0 Å². The zero-order valence-corrected chi connectivity index (χ0v) is 13.3. The Labute approximate surface area is 126 Å². The number of amides is 2. The number of aromatic hydroxyl groups is 1. The van der Waals surface area contributed by atoms with Gasteiger partial charge >= 0.3 is 0 Å². The first-order chi connectivity index (χ1) is 9.31. The molecule has 6 heteroatoms. The fourth-order valence-electron chi connectivity index (χ4n) is 1.49. The van der Waals surface area contributed by atoms with Crippen molar-refractivity contribution in [3.63, 3.8) is 0 Å². The van der Waals surface area contributed by atoms with Crippen molar-refractivity contribution in [2.24, 2.45) is 5.92 Å². The number of hydrogen-bond donors (Lipinski definition) is 3. The average Bonchev–Trinajstić information content (AvgIpc) is 2.35. The van der Waals surface area contributed by atoms with Gasteiger partial charge in [0.2, 0.25) is 5.91 Å². The fraction of sp³-hybridized carbons (Fsp3) is 0.429. The molecule has 1 unspecified atom stereocenters. The van der Waals surface area contributed by atoms with Crippen LogP contribution in [0.2, 0.25) is 0 Å². The predicted octanol–water partition coefficient (Wildman–Crippen LogP) is 2.05. The van der Waals surface area contributed by atoms with E-state index < -0.39 is 11.9 Å². The van der Waals surface area contributed by atoms with E-state index in [9.17, 15) is 14.7 Å². The summed E-state index contributed by atoms with van der Waals surface area (Å²) in [5.41, 5.74) is 0.136. The third-order valence-corrected chi connectivity index (χ3v) is 3.12. The number of carbonyl (C=O) groups is 2. The molecule has 0 aliphatic carbocycles. The zero-order valence-electron chi connectivity index (χ0n) is 11.7. The molecule has 0 spiro atoms. The molecule has 0 bridgehead atoms. The van der Waals surface area contributed by atoms with Gasteiger partial charge in [0.1, 0.15) is 11.8 Å². The van der Waals surface area contributed by atoms with Gasteiger partial charge in [-0.1, -0.05) is 29.8 Å². The van der Waals surface area contributed by atoms with Gasteiger partial charge in [-0.2, -0.15) is 0 Å². The van der Waals surface area contributed by atoms with Gasteiger partial charge in [0.05, 0.1) is 5.56 Å². The average molecular weight is 343 g/mol. The smallest absolute Gasteiger partial charge is 0.255 e. The highest BCUT2D eigenvalue weighted by Crippen LogP contribution is 2.22. The van der Waals surface area contributed by atoms with Crippen LogP contribution in [0.1, 0.15) is 31.1 Å². The number of carbonyl (C=O) groups excluding carboxylic acids is 2. The number of benzene rings is 1. The van der Waals surface area contributed by atoms with E-state index in [2.05, 4.69) is 26.6 Å². The van der Waals surface area contributed by atoms with E-state index in [1.54, 1.807) is 13.0 Å². The van der Waals surface area contributed by atoms with Crippen molar-refractivity contribution < 1.29 is 14.7 Å². The molecule has 1 rings (SSSR count). The lowest BCUT2D eigenvalue weighted by atomic mass is 10.1. The minimum atomic E-state index is -0.663. The van der Waals surface area contributed by atoms with Gasteiger partial charge in [0.25, 0.3) is 5.91 Å². The van der Waals surface area contributed by atoms with Crippen LogP contribution in [-0.4, -0.2) is 29.5 Å². The van der Waals surface area contributed by atoms with Crippen LogP contribution in [0.25, 0.3) is 0 Å². The lowest BCUT2D eigenvalue weighted by Gasteiger charge is -2.15. The molecule has 20 heavy (non-hydrogen) atoms.